The molecule has 1 aliphatic carbocycles. The molecular formula is C22H25FN2O2. The topological polar surface area (TPSA) is 53.2 Å². The Labute approximate surface area is 158 Å². The maximum Gasteiger partial charge on any atom is 0.176 e. The lowest BCUT2D eigenvalue weighted by atomic mass is 9.72. The van der Waals surface area contributed by atoms with Gasteiger partial charge >= 0.3 is 0 Å². The maximum atomic E-state index is 13.2. The fourth-order valence-electron chi connectivity index (χ4n) is 4.76. The van der Waals surface area contributed by atoms with E-state index < -0.39 is 0 Å². The van der Waals surface area contributed by atoms with E-state index in [0.29, 0.717) is 18.0 Å². The Hall–Kier alpha value is -2.27. The molecule has 4 rings (SSSR count). The summed E-state index contributed by atoms with van der Waals surface area (Å²) in [6, 6.07) is 5.68. The number of carbonyl (C=O) groups excluding carboxylic acids is 2. The lowest BCUT2D eigenvalue weighted by Gasteiger charge is -2.40. The number of aryl methyl sites for hydroxylation is 1. The first-order chi connectivity index (χ1) is 13.0. The number of nitrogens with zero attached hydrogens (tertiary/aromatic N) is 1. The second-order valence-corrected chi connectivity index (χ2v) is 7.82. The molecule has 0 saturated carbocycles. The molecule has 1 fully saturated rings. The number of likely N-dealkylation sites (tertiary alicyclic amines) is 1. The third kappa shape index (κ3) is 3.25. The minimum atomic E-state index is -0.343. The van der Waals surface area contributed by atoms with Gasteiger partial charge in [0, 0.05) is 35.0 Å². The van der Waals surface area contributed by atoms with Gasteiger partial charge in [-0.15, -0.1) is 0 Å². The lowest BCUT2D eigenvalue weighted by Crippen LogP contribution is -2.48. The first-order valence-electron chi connectivity index (χ1n) is 9.73. The van der Waals surface area contributed by atoms with Crippen LogP contribution in [0.5, 0.6) is 0 Å². The second-order valence-electron chi connectivity index (χ2n) is 7.82. The molecule has 0 bridgehead atoms. The molecule has 1 aromatic heterocycles. The van der Waals surface area contributed by atoms with Crippen LogP contribution in [0, 0.1) is 24.6 Å². The van der Waals surface area contributed by atoms with Crippen molar-refractivity contribution in [1.82, 2.24) is 9.88 Å². The summed E-state index contributed by atoms with van der Waals surface area (Å²) >= 11 is 0. The van der Waals surface area contributed by atoms with Crippen LogP contribution in [0.2, 0.25) is 0 Å². The molecule has 2 heterocycles. The number of Topliss-reactive ketones (excluding diaryl/α,β-unsaturated/α-hetero) is 2. The van der Waals surface area contributed by atoms with Gasteiger partial charge < -0.3 is 4.98 Å². The highest BCUT2D eigenvalue weighted by Gasteiger charge is 2.41. The van der Waals surface area contributed by atoms with E-state index in [4.69, 9.17) is 0 Å². The quantitative estimate of drug-likeness (QED) is 0.839. The van der Waals surface area contributed by atoms with E-state index in [1.165, 1.54) is 24.3 Å². The van der Waals surface area contributed by atoms with Gasteiger partial charge in [-0.25, -0.2) is 4.39 Å². The first kappa shape index (κ1) is 18.1. The monoisotopic (exact) mass is 368 g/mol. The fraction of sp³-hybridized carbons (Fsp3) is 0.455. The molecule has 2 atom stereocenters. The van der Waals surface area contributed by atoms with Crippen molar-refractivity contribution in [3.63, 3.8) is 0 Å². The second kappa shape index (κ2) is 7.04. The molecule has 0 spiro atoms. The highest BCUT2D eigenvalue weighted by atomic mass is 19.1. The van der Waals surface area contributed by atoms with Crippen molar-refractivity contribution < 1.29 is 14.0 Å². The Morgan fingerprint density at radius 2 is 2.04 bits per heavy atom. The van der Waals surface area contributed by atoms with Crippen molar-refractivity contribution in [2.45, 2.75) is 33.1 Å². The third-order valence-corrected chi connectivity index (χ3v) is 6.17. The summed E-state index contributed by atoms with van der Waals surface area (Å²) in [6.45, 7) is 5.86. The summed E-state index contributed by atoms with van der Waals surface area (Å²) in [5.41, 5.74) is 4.78. The molecule has 0 radical (unpaired) electrons. The number of nitrogens with one attached hydrogen (secondary N) is 1. The molecule has 1 aromatic carbocycles. The van der Waals surface area contributed by atoms with Crippen LogP contribution in [-0.2, 0) is 12.8 Å². The number of H-pyrrole nitrogens is 1. The van der Waals surface area contributed by atoms with Crippen molar-refractivity contribution >= 4 is 11.6 Å². The van der Waals surface area contributed by atoms with E-state index in [1.54, 1.807) is 0 Å². The molecule has 4 nitrogen and oxygen atoms in total. The third-order valence-electron chi connectivity index (χ3n) is 6.17. The van der Waals surface area contributed by atoms with Gasteiger partial charge in [0.25, 0.3) is 0 Å². The van der Waals surface area contributed by atoms with Gasteiger partial charge in [0.05, 0.1) is 6.54 Å². The van der Waals surface area contributed by atoms with Crippen molar-refractivity contribution in [3.8, 4) is 0 Å². The Morgan fingerprint density at radius 1 is 1.30 bits per heavy atom. The number of ketones is 2. The smallest absolute Gasteiger partial charge is 0.176 e. The molecular weight excluding hydrogens is 343 g/mol. The van der Waals surface area contributed by atoms with Crippen LogP contribution in [0.4, 0.5) is 4.39 Å². The summed E-state index contributed by atoms with van der Waals surface area (Å²) in [4.78, 5) is 31.2. The Morgan fingerprint density at radius 3 is 2.74 bits per heavy atom. The Kier molecular flexibility index (Phi) is 4.72. The number of fused-ring (bicyclic) bond motifs is 2. The van der Waals surface area contributed by atoms with Gasteiger partial charge in [-0.1, -0.05) is 6.92 Å². The van der Waals surface area contributed by atoms with Crippen LogP contribution in [0.15, 0.2) is 24.3 Å². The number of hydrogen-bond donors (Lipinski definition) is 1. The summed E-state index contributed by atoms with van der Waals surface area (Å²) in [5, 5.41) is 0. The molecule has 142 valence electrons. The van der Waals surface area contributed by atoms with Gasteiger partial charge in [-0.05, 0) is 68.5 Å². The number of hydrogen-bond acceptors (Lipinski definition) is 3. The molecule has 1 saturated heterocycles. The van der Waals surface area contributed by atoms with Crippen molar-refractivity contribution in [2.75, 3.05) is 19.6 Å². The van der Waals surface area contributed by atoms with Gasteiger partial charge in [0.2, 0.25) is 0 Å². The molecule has 27 heavy (non-hydrogen) atoms. The predicted molar refractivity (Wildman–Crippen MR) is 102 cm³/mol. The van der Waals surface area contributed by atoms with Gasteiger partial charge in [-0.3, -0.25) is 14.5 Å². The van der Waals surface area contributed by atoms with E-state index in [9.17, 15) is 14.0 Å². The SMILES string of the molecule is CCc1c(C)[nH]c2c1C(=O)C1CN(CC(=O)c3ccc(F)cc3)CCC1C2. The summed E-state index contributed by atoms with van der Waals surface area (Å²) in [5.74, 6) is 0.188. The van der Waals surface area contributed by atoms with Gasteiger partial charge in [0.1, 0.15) is 5.82 Å². The molecule has 2 aliphatic rings. The molecule has 2 unspecified atom stereocenters. The zero-order valence-electron chi connectivity index (χ0n) is 15.8. The minimum absolute atomic E-state index is 0.0240. The van der Waals surface area contributed by atoms with Gasteiger partial charge in [-0.2, -0.15) is 0 Å². The molecule has 5 heteroatoms. The largest absolute Gasteiger partial charge is 0.362 e. The first-order valence-corrected chi connectivity index (χ1v) is 9.73. The van der Waals surface area contributed by atoms with E-state index >= 15 is 0 Å². The summed E-state index contributed by atoms with van der Waals surface area (Å²) < 4.78 is 13.1. The van der Waals surface area contributed by atoms with Crippen LogP contribution in [0.3, 0.4) is 0 Å². The van der Waals surface area contributed by atoms with Crippen LogP contribution in [-0.4, -0.2) is 41.1 Å². The average Bonchev–Trinajstić information content (AvgIpc) is 2.98. The zero-order chi connectivity index (χ0) is 19.1. The normalized spacial score (nSPS) is 22.4. The molecule has 0 amide bonds. The van der Waals surface area contributed by atoms with Crippen molar-refractivity contribution in [2.24, 2.45) is 11.8 Å². The summed E-state index contributed by atoms with van der Waals surface area (Å²) in [6.07, 6.45) is 2.70. The van der Waals surface area contributed by atoms with E-state index in [1.807, 2.05) is 6.92 Å². The van der Waals surface area contributed by atoms with Crippen LogP contribution >= 0.6 is 0 Å². The molecule has 1 aliphatic heterocycles. The van der Waals surface area contributed by atoms with Crippen LogP contribution in [0.25, 0.3) is 0 Å². The minimum Gasteiger partial charge on any atom is -0.362 e. The van der Waals surface area contributed by atoms with Crippen molar-refractivity contribution in [1.29, 1.82) is 0 Å². The Bertz CT molecular complexity index is 884. The number of aromatic nitrogens is 1. The maximum absolute atomic E-state index is 13.2. The van der Waals surface area contributed by atoms with Crippen molar-refractivity contribution in [3.05, 3.63) is 58.2 Å². The summed E-state index contributed by atoms with van der Waals surface area (Å²) in [7, 11) is 0. The number of carbonyl (C=O) groups is 2. The predicted octanol–water partition coefficient (Wildman–Crippen LogP) is 3.58. The van der Waals surface area contributed by atoms with Gasteiger partial charge in [0.15, 0.2) is 11.6 Å². The van der Waals surface area contributed by atoms with E-state index in [0.717, 1.165) is 48.3 Å². The Balaban J connectivity index is 1.50. The van der Waals surface area contributed by atoms with Crippen LogP contribution in [0.1, 0.15) is 51.0 Å². The van der Waals surface area contributed by atoms with E-state index in [-0.39, 0.29) is 29.8 Å². The highest BCUT2D eigenvalue weighted by molar-refractivity contribution is 6.02. The number of benzene rings is 1. The number of rotatable bonds is 4. The number of halogens is 1. The fourth-order valence-corrected chi connectivity index (χ4v) is 4.76. The lowest BCUT2D eigenvalue weighted by molar-refractivity contribution is 0.0624. The standard InChI is InChI=1S/C22H25FN2O2/c1-3-17-13(2)24-19-10-15-8-9-25(11-18(15)22(27)21(17)19)12-20(26)14-4-6-16(23)7-5-14/h4-7,15,18,24H,3,8-12H2,1-2H3. The van der Waals surface area contributed by atoms with E-state index in [2.05, 4.69) is 16.8 Å². The number of piperidine rings is 1. The molecule has 2 aromatic rings. The number of aromatic amines is 1. The zero-order valence-corrected chi connectivity index (χ0v) is 15.8. The molecule has 1 N–H and O–H groups in total. The van der Waals surface area contributed by atoms with Crippen LogP contribution < -0.4 is 0 Å². The average molecular weight is 368 g/mol. The highest BCUT2D eigenvalue weighted by Crippen LogP contribution is 2.38.